The van der Waals surface area contributed by atoms with Crippen LogP contribution in [-0.4, -0.2) is 18.3 Å². The average Bonchev–Trinajstić information content (AvgIpc) is 1.58. The first-order valence-electron chi connectivity index (χ1n) is 33.2. The van der Waals surface area contributed by atoms with E-state index in [0.717, 1.165) is 90.1 Å². The monoisotopic (exact) mass is 1260 g/mol. The molecule has 0 spiro atoms. The Morgan fingerprint density at radius 1 is 0.153 bits per heavy atom. The summed E-state index contributed by atoms with van der Waals surface area (Å²) < 4.78 is 21.8. The highest BCUT2D eigenvalue weighted by molar-refractivity contribution is 6.04. The fraction of sp³-hybridized carbons (Fsp3) is 0. The van der Waals surface area contributed by atoms with E-state index >= 15 is 0 Å². The van der Waals surface area contributed by atoms with Crippen LogP contribution >= 0.6 is 0 Å². The van der Waals surface area contributed by atoms with Crippen LogP contribution in [-0.2, 0) is 0 Å². The predicted octanol–water partition coefficient (Wildman–Crippen LogP) is 24.7. The van der Waals surface area contributed by atoms with E-state index in [-0.39, 0.29) is 0 Å². The summed E-state index contributed by atoms with van der Waals surface area (Å²) in [5.41, 5.74) is 23.1. The van der Waals surface area contributed by atoms with Crippen molar-refractivity contribution in [2.24, 2.45) is 0 Å². The van der Waals surface area contributed by atoms with Gasteiger partial charge in [-0.2, -0.15) is 0 Å². The topological polar surface area (TPSA) is 38.2 Å². The normalized spacial score (nSPS) is 11.3. The van der Waals surface area contributed by atoms with Gasteiger partial charge in [0.25, 0.3) is 0 Å². The lowest BCUT2D eigenvalue weighted by molar-refractivity contribution is 0.482. The molecule has 98 heavy (non-hydrogen) atoms. The molecule has 0 aliphatic carbocycles. The first kappa shape index (κ1) is 58.6. The van der Waals surface area contributed by atoms with Crippen molar-refractivity contribution >= 4 is 43.6 Å². The Morgan fingerprint density at radius 3 is 0.653 bits per heavy atom. The molecule has 464 valence electrons. The highest BCUT2D eigenvalue weighted by Gasteiger charge is 2.22. The van der Waals surface area contributed by atoms with E-state index in [1.165, 1.54) is 66.6 Å². The number of benzene rings is 14. The summed E-state index contributed by atoms with van der Waals surface area (Å²) in [6.07, 6.45) is 0. The number of aromatic nitrogens is 4. The summed E-state index contributed by atoms with van der Waals surface area (Å²) in [6, 6.07) is 137. The van der Waals surface area contributed by atoms with Gasteiger partial charge in [0, 0.05) is 44.3 Å². The summed E-state index contributed by atoms with van der Waals surface area (Å²) in [4.78, 5) is 0. The molecule has 0 aliphatic rings. The van der Waals surface area contributed by atoms with Gasteiger partial charge < -0.3 is 27.7 Å². The molecule has 4 aromatic heterocycles. The Bertz CT molecular complexity index is 5430. The third kappa shape index (κ3) is 11.6. The Morgan fingerprint density at radius 2 is 0.378 bits per heavy atom. The van der Waals surface area contributed by atoms with E-state index < -0.39 is 0 Å². The van der Waals surface area contributed by atoms with Gasteiger partial charge in [0.05, 0.1) is 44.8 Å². The molecule has 0 amide bonds. The molecule has 18 aromatic rings. The summed E-state index contributed by atoms with van der Waals surface area (Å²) in [5.74, 6) is 3.22. The van der Waals surface area contributed by atoms with E-state index in [1.807, 2.05) is 84.9 Å². The zero-order valence-corrected chi connectivity index (χ0v) is 53.6. The first-order chi connectivity index (χ1) is 48.6. The van der Waals surface area contributed by atoms with Gasteiger partial charge in [0.1, 0.15) is 23.0 Å². The maximum absolute atomic E-state index is 6.13. The van der Waals surface area contributed by atoms with Crippen LogP contribution in [0.2, 0.25) is 0 Å². The van der Waals surface area contributed by atoms with Crippen LogP contribution in [0.15, 0.2) is 388 Å². The molecule has 0 radical (unpaired) electrons. The van der Waals surface area contributed by atoms with Crippen LogP contribution in [0.5, 0.6) is 23.0 Å². The SMILES string of the molecule is c1ccc(-c2cccc(-n3c(-c4ccccc4)cc4cc5c(cc(-c6ccccc6)n5-c5cccc(-c6ccccc6)c5)cc43)c2)cc1.c1ccc(Oc2ccc(-n3c(-c4ccccc4)cc4cc5c(cc(-c6ccccc6)n5-c5ccc(Oc6ccccc6)cc5)cc43)cc2)cc1. The molecule has 0 unspecified atom stereocenters. The molecule has 0 saturated carbocycles. The molecule has 4 heterocycles. The highest BCUT2D eigenvalue weighted by Crippen LogP contribution is 2.42. The zero-order valence-electron chi connectivity index (χ0n) is 53.6. The Balaban J connectivity index is 0.000000147. The molecule has 0 saturated heterocycles. The number of ether oxygens (including phenoxy) is 2. The second-order valence-electron chi connectivity index (χ2n) is 24.5. The van der Waals surface area contributed by atoms with Crippen molar-refractivity contribution in [3.63, 3.8) is 0 Å². The van der Waals surface area contributed by atoms with Crippen molar-refractivity contribution in [2.45, 2.75) is 0 Å². The Hall–Kier alpha value is -13.2. The quantitative estimate of drug-likeness (QED) is 0.109. The van der Waals surface area contributed by atoms with Gasteiger partial charge >= 0.3 is 0 Å². The number of hydrogen-bond donors (Lipinski definition) is 0. The fourth-order valence-electron chi connectivity index (χ4n) is 13.7. The molecule has 6 heteroatoms. The Labute approximate surface area is 569 Å². The van der Waals surface area contributed by atoms with Crippen LogP contribution in [0.3, 0.4) is 0 Å². The molecule has 0 atom stereocenters. The molecule has 0 aliphatic heterocycles. The van der Waals surface area contributed by atoms with E-state index in [9.17, 15) is 0 Å². The molecular weight excluding hydrogens is 1190 g/mol. The fourth-order valence-corrected chi connectivity index (χ4v) is 13.7. The number of para-hydroxylation sites is 2. The minimum atomic E-state index is 0.796. The van der Waals surface area contributed by atoms with Crippen molar-refractivity contribution in [2.75, 3.05) is 0 Å². The van der Waals surface area contributed by atoms with E-state index in [1.54, 1.807) is 0 Å². The van der Waals surface area contributed by atoms with Gasteiger partial charge in [0.2, 0.25) is 0 Å². The summed E-state index contributed by atoms with van der Waals surface area (Å²) in [7, 11) is 0. The molecule has 6 nitrogen and oxygen atoms in total. The molecule has 18 rings (SSSR count). The standard InChI is InChI=1S/C46H32N2O2.C46H32N2/c1-5-13-33(14-6-1)43-29-35-31-46-36(32-45(35)47(43)37-21-25-41(26-22-37)49-39-17-9-3-10-18-39)30-44(34-15-7-2-8-16-34)48(46)38-23-27-42(28-24-38)50-40-19-11-4-12-20-40;1-5-15-33(16-6-1)37-23-13-25-41(27-37)47-43(35-19-9-3-10-20-35)29-39-32-46-40(31-45(39)47)30-44(36-21-11-4-12-22-36)48(46)42-26-14-24-38(28-42)34-17-7-2-8-18-34/h1-32H;1-32H. The van der Waals surface area contributed by atoms with Crippen molar-refractivity contribution < 1.29 is 9.47 Å². The second kappa shape index (κ2) is 26.0. The maximum Gasteiger partial charge on any atom is 0.127 e. The summed E-state index contributed by atoms with van der Waals surface area (Å²) >= 11 is 0. The predicted molar refractivity (Wildman–Crippen MR) is 406 cm³/mol. The number of nitrogens with zero attached hydrogens (tertiary/aromatic N) is 4. The summed E-state index contributed by atoms with van der Waals surface area (Å²) in [5, 5.41) is 4.71. The lowest BCUT2D eigenvalue weighted by Crippen LogP contribution is -1.98. The van der Waals surface area contributed by atoms with Crippen LogP contribution in [0.1, 0.15) is 0 Å². The largest absolute Gasteiger partial charge is 0.457 e. The van der Waals surface area contributed by atoms with Gasteiger partial charge in [-0.05, 0) is 190 Å². The average molecular weight is 1260 g/mol. The number of hydrogen-bond acceptors (Lipinski definition) is 2. The molecule has 0 N–H and O–H groups in total. The van der Waals surface area contributed by atoms with E-state index in [0.29, 0.717) is 0 Å². The molecule has 0 bridgehead atoms. The summed E-state index contributed by atoms with van der Waals surface area (Å²) in [6.45, 7) is 0. The van der Waals surface area contributed by atoms with Crippen LogP contribution in [0.25, 0.3) is 134 Å². The number of rotatable bonds is 14. The van der Waals surface area contributed by atoms with Crippen molar-refractivity contribution in [3.05, 3.63) is 388 Å². The van der Waals surface area contributed by atoms with Crippen molar-refractivity contribution in [1.29, 1.82) is 0 Å². The lowest BCUT2D eigenvalue weighted by atomic mass is 10.0. The van der Waals surface area contributed by atoms with Crippen LogP contribution in [0, 0.1) is 0 Å². The minimum absolute atomic E-state index is 0.796. The third-order valence-corrected chi connectivity index (χ3v) is 18.3. The molecular formula is C92H64N4O2. The van der Waals surface area contributed by atoms with Gasteiger partial charge in [-0.1, -0.05) is 243 Å². The maximum atomic E-state index is 6.13. The van der Waals surface area contributed by atoms with Gasteiger partial charge in [0.15, 0.2) is 0 Å². The smallest absolute Gasteiger partial charge is 0.127 e. The van der Waals surface area contributed by atoms with Gasteiger partial charge in [-0.25, -0.2) is 0 Å². The van der Waals surface area contributed by atoms with Gasteiger partial charge in [-0.3, -0.25) is 0 Å². The van der Waals surface area contributed by atoms with Crippen LogP contribution < -0.4 is 9.47 Å². The first-order valence-corrected chi connectivity index (χ1v) is 33.2. The van der Waals surface area contributed by atoms with Crippen molar-refractivity contribution in [3.8, 4) is 113 Å². The Kier molecular flexibility index (Phi) is 15.5. The van der Waals surface area contributed by atoms with Crippen LogP contribution in [0.4, 0.5) is 0 Å². The zero-order chi connectivity index (χ0) is 65.1. The van der Waals surface area contributed by atoms with Crippen molar-refractivity contribution in [1.82, 2.24) is 18.3 Å². The van der Waals surface area contributed by atoms with E-state index in [4.69, 9.17) is 9.47 Å². The third-order valence-electron chi connectivity index (χ3n) is 18.3. The van der Waals surface area contributed by atoms with E-state index in [2.05, 4.69) is 322 Å². The molecule has 0 fully saturated rings. The lowest BCUT2D eigenvalue weighted by Gasteiger charge is -2.14. The second-order valence-corrected chi connectivity index (χ2v) is 24.5. The van der Waals surface area contributed by atoms with Gasteiger partial charge in [-0.15, -0.1) is 0 Å². The minimum Gasteiger partial charge on any atom is -0.457 e. The number of fused-ring (bicyclic) bond motifs is 4. The highest BCUT2D eigenvalue weighted by atomic mass is 16.5. The molecule has 14 aromatic carbocycles.